The fourth-order valence-electron chi connectivity index (χ4n) is 3.56. The normalized spacial score (nSPS) is 11.4. The number of aromatic nitrogens is 2. The number of ether oxygens (including phenoxy) is 2. The molecule has 0 fully saturated rings. The SMILES string of the molecule is Cc1cc(-c2ccc3ncc(-c4ccc(OC(C)C)cc4)n3c2)ccc1OC(C)C. The highest BCUT2D eigenvalue weighted by molar-refractivity contribution is 5.70. The van der Waals surface area contributed by atoms with E-state index in [9.17, 15) is 0 Å². The third-order valence-corrected chi connectivity index (χ3v) is 4.90. The Hall–Kier alpha value is -3.27. The first kappa shape index (κ1) is 20.0. The minimum Gasteiger partial charge on any atom is -0.491 e. The number of aryl methyl sites for hydroxylation is 1. The van der Waals surface area contributed by atoms with Crippen LogP contribution in [0.1, 0.15) is 33.3 Å². The Morgan fingerprint density at radius 3 is 2.10 bits per heavy atom. The summed E-state index contributed by atoms with van der Waals surface area (Å²) >= 11 is 0. The van der Waals surface area contributed by atoms with Gasteiger partial charge in [-0.15, -0.1) is 0 Å². The highest BCUT2D eigenvalue weighted by Gasteiger charge is 2.10. The molecule has 4 rings (SSSR count). The van der Waals surface area contributed by atoms with Crippen molar-refractivity contribution in [2.24, 2.45) is 0 Å². The zero-order chi connectivity index (χ0) is 21.3. The van der Waals surface area contributed by atoms with Gasteiger partial charge in [-0.1, -0.05) is 6.07 Å². The predicted octanol–water partition coefficient (Wildman–Crippen LogP) is 6.55. The van der Waals surface area contributed by atoms with E-state index in [4.69, 9.17) is 9.47 Å². The molecule has 0 saturated carbocycles. The molecule has 4 heteroatoms. The summed E-state index contributed by atoms with van der Waals surface area (Å²) in [5, 5.41) is 0. The van der Waals surface area contributed by atoms with E-state index in [1.165, 1.54) is 0 Å². The number of pyridine rings is 1. The molecule has 0 saturated heterocycles. The summed E-state index contributed by atoms with van der Waals surface area (Å²) in [7, 11) is 0. The van der Waals surface area contributed by atoms with Crippen LogP contribution in [-0.4, -0.2) is 21.6 Å². The van der Waals surface area contributed by atoms with E-state index in [1.54, 1.807) is 0 Å². The summed E-state index contributed by atoms with van der Waals surface area (Å²) in [5.41, 5.74) is 6.51. The second-order valence-electron chi connectivity index (χ2n) is 8.13. The van der Waals surface area contributed by atoms with E-state index in [2.05, 4.69) is 65.0 Å². The van der Waals surface area contributed by atoms with Gasteiger partial charge in [0.2, 0.25) is 0 Å². The Morgan fingerprint density at radius 1 is 0.767 bits per heavy atom. The van der Waals surface area contributed by atoms with Crippen molar-refractivity contribution < 1.29 is 9.47 Å². The Labute approximate surface area is 178 Å². The van der Waals surface area contributed by atoms with Crippen molar-refractivity contribution in [2.75, 3.05) is 0 Å². The zero-order valence-electron chi connectivity index (χ0n) is 18.2. The summed E-state index contributed by atoms with van der Waals surface area (Å²) in [4.78, 5) is 4.58. The van der Waals surface area contributed by atoms with E-state index in [1.807, 2.05) is 46.0 Å². The first-order valence-corrected chi connectivity index (χ1v) is 10.4. The number of benzene rings is 2. The average molecular weight is 401 g/mol. The van der Waals surface area contributed by atoms with Gasteiger partial charge in [-0.3, -0.25) is 4.40 Å². The fourth-order valence-corrected chi connectivity index (χ4v) is 3.56. The standard InChI is InChI=1S/C26H28N2O2/c1-17(2)29-23-10-6-20(7-11-23)24-15-27-26-13-9-22(16-28(24)26)21-8-12-25(19(5)14-21)30-18(3)4/h6-18H,1-5H3. The maximum absolute atomic E-state index is 5.88. The molecule has 0 aliphatic rings. The number of nitrogens with zero attached hydrogens (tertiary/aromatic N) is 2. The minimum absolute atomic E-state index is 0.162. The van der Waals surface area contributed by atoms with Crippen molar-refractivity contribution in [1.82, 2.24) is 9.38 Å². The molecule has 30 heavy (non-hydrogen) atoms. The van der Waals surface area contributed by atoms with E-state index in [0.29, 0.717) is 0 Å². The maximum Gasteiger partial charge on any atom is 0.137 e. The second-order valence-corrected chi connectivity index (χ2v) is 8.13. The molecule has 0 radical (unpaired) electrons. The predicted molar refractivity (Wildman–Crippen MR) is 122 cm³/mol. The van der Waals surface area contributed by atoms with Crippen LogP contribution >= 0.6 is 0 Å². The molecular formula is C26H28N2O2. The number of hydrogen-bond acceptors (Lipinski definition) is 3. The second kappa shape index (κ2) is 8.23. The molecule has 0 aliphatic heterocycles. The molecule has 2 heterocycles. The first-order chi connectivity index (χ1) is 14.4. The number of hydrogen-bond donors (Lipinski definition) is 0. The van der Waals surface area contributed by atoms with Crippen molar-refractivity contribution in [2.45, 2.75) is 46.8 Å². The van der Waals surface area contributed by atoms with Crippen molar-refractivity contribution in [3.05, 3.63) is 72.6 Å². The zero-order valence-corrected chi connectivity index (χ0v) is 18.2. The topological polar surface area (TPSA) is 35.8 Å². The average Bonchev–Trinajstić information content (AvgIpc) is 3.12. The molecule has 154 valence electrons. The summed E-state index contributed by atoms with van der Waals surface area (Å²) in [5.74, 6) is 1.81. The van der Waals surface area contributed by atoms with Crippen molar-refractivity contribution in [1.29, 1.82) is 0 Å². The van der Waals surface area contributed by atoms with Crippen LogP contribution in [-0.2, 0) is 0 Å². The monoisotopic (exact) mass is 400 g/mol. The van der Waals surface area contributed by atoms with Crippen molar-refractivity contribution >= 4 is 5.65 Å². The molecule has 0 aliphatic carbocycles. The lowest BCUT2D eigenvalue weighted by atomic mass is 10.0. The van der Waals surface area contributed by atoms with Crippen LogP contribution in [0.15, 0.2) is 67.0 Å². The molecule has 0 N–H and O–H groups in total. The molecule has 2 aromatic carbocycles. The Kier molecular flexibility index (Phi) is 5.49. The van der Waals surface area contributed by atoms with E-state index >= 15 is 0 Å². The van der Waals surface area contributed by atoms with Crippen molar-refractivity contribution in [3.8, 4) is 33.9 Å². The van der Waals surface area contributed by atoms with Crippen LogP contribution in [0.3, 0.4) is 0 Å². The lowest BCUT2D eigenvalue weighted by Gasteiger charge is -2.14. The Morgan fingerprint density at radius 2 is 1.43 bits per heavy atom. The molecule has 0 atom stereocenters. The third-order valence-electron chi connectivity index (χ3n) is 4.90. The molecule has 0 amide bonds. The summed E-state index contributed by atoms with van der Waals surface area (Å²) < 4.78 is 13.8. The fraction of sp³-hybridized carbons (Fsp3) is 0.269. The molecule has 4 nitrogen and oxygen atoms in total. The molecule has 2 aromatic heterocycles. The van der Waals surface area contributed by atoms with Gasteiger partial charge in [0.15, 0.2) is 0 Å². The Balaban J connectivity index is 1.69. The minimum atomic E-state index is 0.162. The van der Waals surface area contributed by atoms with Crippen molar-refractivity contribution in [3.63, 3.8) is 0 Å². The molecule has 0 unspecified atom stereocenters. The van der Waals surface area contributed by atoms with E-state index < -0.39 is 0 Å². The van der Waals surface area contributed by atoms with Gasteiger partial charge >= 0.3 is 0 Å². The van der Waals surface area contributed by atoms with Gasteiger partial charge in [-0.2, -0.15) is 0 Å². The van der Waals surface area contributed by atoms with Gasteiger partial charge in [0, 0.05) is 11.8 Å². The summed E-state index contributed by atoms with van der Waals surface area (Å²) in [6.45, 7) is 10.2. The molecule has 0 bridgehead atoms. The van der Waals surface area contributed by atoms with Gasteiger partial charge in [0.1, 0.15) is 17.1 Å². The van der Waals surface area contributed by atoms with Gasteiger partial charge in [-0.05, 0) is 99.8 Å². The number of imidazole rings is 1. The van der Waals surface area contributed by atoms with Crippen LogP contribution < -0.4 is 9.47 Å². The van der Waals surface area contributed by atoms with Gasteiger partial charge in [-0.25, -0.2) is 4.98 Å². The van der Waals surface area contributed by atoms with Crippen LogP contribution in [0.5, 0.6) is 11.5 Å². The molecule has 0 spiro atoms. The maximum atomic E-state index is 5.88. The van der Waals surface area contributed by atoms with Crippen LogP contribution in [0, 0.1) is 6.92 Å². The largest absolute Gasteiger partial charge is 0.491 e. The van der Waals surface area contributed by atoms with Gasteiger partial charge in [0.25, 0.3) is 0 Å². The summed E-state index contributed by atoms with van der Waals surface area (Å²) in [6, 6.07) is 18.7. The lowest BCUT2D eigenvalue weighted by molar-refractivity contribution is 0.241. The van der Waals surface area contributed by atoms with E-state index in [-0.39, 0.29) is 12.2 Å². The highest BCUT2D eigenvalue weighted by Crippen LogP contribution is 2.29. The lowest BCUT2D eigenvalue weighted by Crippen LogP contribution is -2.06. The molecule has 4 aromatic rings. The van der Waals surface area contributed by atoms with Gasteiger partial charge in [0.05, 0.1) is 24.1 Å². The van der Waals surface area contributed by atoms with E-state index in [0.717, 1.165) is 45.1 Å². The number of fused-ring (bicyclic) bond motifs is 1. The highest BCUT2D eigenvalue weighted by atomic mass is 16.5. The van der Waals surface area contributed by atoms with Gasteiger partial charge < -0.3 is 9.47 Å². The molecular weight excluding hydrogens is 372 g/mol. The van der Waals surface area contributed by atoms with Crippen LogP contribution in [0.2, 0.25) is 0 Å². The smallest absolute Gasteiger partial charge is 0.137 e. The van der Waals surface area contributed by atoms with Crippen LogP contribution in [0.4, 0.5) is 0 Å². The summed E-state index contributed by atoms with van der Waals surface area (Å²) in [6.07, 6.45) is 4.39. The Bertz CT molecular complexity index is 1160. The third kappa shape index (κ3) is 4.18. The van der Waals surface area contributed by atoms with Crippen LogP contribution in [0.25, 0.3) is 28.0 Å². The number of rotatable bonds is 6. The quantitative estimate of drug-likeness (QED) is 0.368. The first-order valence-electron chi connectivity index (χ1n) is 10.4.